The molecule has 2 rings (SSSR count). The Morgan fingerprint density at radius 1 is 1.31 bits per heavy atom. The third kappa shape index (κ3) is 1.96. The zero-order valence-electron chi connectivity index (χ0n) is 6.48. The Kier molecular flexibility index (Phi) is 3.03. The maximum atomic E-state index is 5.94. The second-order valence-electron chi connectivity index (χ2n) is 2.67. The summed E-state index contributed by atoms with van der Waals surface area (Å²) in [5.41, 5.74) is 1.17. The van der Waals surface area contributed by atoms with Crippen molar-refractivity contribution in [3.63, 3.8) is 0 Å². The van der Waals surface area contributed by atoms with Crippen LogP contribution in [-0.4, -0.2) is 0 Å². The van der Waals surface area contributed by atoms with Gasteiger partial charge in [-0.3, -0.25) is 0 Å². The van der Waals surface area contributed by atoms with Crippen molar-refractivity contribution in [2.45, 2.75) is 5.88 Å². The van der Waals surface area contributed by atoms with Gasteiger partial charge in [-0.25, -0.2) is 0 Å². The van der Waals surface area contributed by atoms with Crippen LogP contribution in [0.25, 0.3) is 10.1 Å². The van der Waals surface area contributed by atoms with E-state index in [-0.39, 0.29) is 0 Å². The number of thiophene rings is 1. The fourth-order valence-electron chi connectivity index (χ4n) is 1.25. The molecule has 0 aliphatic rings. The number of rotatable bonds is 1. The van der Waals surface area contributed by atoms with Crippen LogP contribution in [0.5, 0.6) is 0 Å². The standard InChI is InChI=1S/C9H5Cl2IS/c10-4-6-2-7(12)1-5-3-8(11)13-9(5)6/h1-3H,4H2. The fraction of sp³-hybridized carbons (Fsp3) is 0.111. The Balaban J connectivity index is 2.80. The number of hydrogen-bond acceptors (Lipinski definition) is 1. The lowest BCUT2D eigenvalue weighted by Crippen LogP contribution is -1.79. The number of alkyl halides is 1. The van der Waals surface area contributed by atoms with Crippen molar-refractivity contribution in [3.8, 4) is 0 Å². The first kappa shape index (κ1) is 10.0. The Hall–Kier alpha value is 0.490. The van der Waals surface area contributed by atoms with E-state index in [2.05, 4.69) is 34.7 Å². The van der Waals surface area contributed by atoms with E-state index in [1.807, 2.05) is 6.07 Å². The topological polar surface area (TPSA) is 0 Å². The lowest BCUT2D eigenvalue weighted by Gasteiger charge is -1.98. The first-order valence-corrected chi connectivity index (χ1v) is 6.45. The average Bonchev–Trinajstić information content (AvgIpc) is 2.43. The molecular weight excluding hydrogens is 338 g/mol. The second kappa shape index (κ2) is 3.93. The Morgan fingerprint density at radius 2 is 2.08 bits per heavy atom. The number of fused-ring (bicyclic) bond motifs is 1. The van der Waals surface area contributed by atoms with Crippen molar-refractivity contribution in [1.29, 1.82) is 0 Å². The van der Waals surface area contributed by atoms with Gasteiger partial charge in [0.2, 0.25) is 0 Å². The summed E-state index contributed by atoms with van der Waals surface area (Å²) in [6, 6.07) is 6.21. The van der Waals surface area contributed by atoms with Gasteiger partial charge in [-0.05, 0) is 51.7 Å². The molecule has 0 saturated heterocycles. The summed E-state index contributed by atoms with van der Waals surface area (Å²) in [6.45, 7) is 0. The Labute approximate surface area is 104 Å². The highest BCUT2D eigenvalue weighted by molar-refractivity contribution is 14.1. The van der Waals surface area contributed by atoms with Gasteiger partial charge < -0.3 is 0 Å². The second-order valence-corrected chi connectivity index (χ2v) is 5.86. The van der Waals surface area contributed by atoms with Crippen LogP contribution in [0.15, 0.2) is 18.2 Å². The van der Waals surface area contributed by atoms with Crippen LogP contribution < -0.4 is 0 Å². The van der Waals surface area contributed by atoms with Gasteiger partial charge in [0.25, 0.3) is 0 Å². The number of hydrogen-bond donors (Lipinski definition) is 0. The average molecular weight is 343 g/mol. The summed E-state index contributed by atoms with van der Waals surface area (Å²) in [5.74, 6) is 0.546. The van der Waals surface area contributed by atoms with Crippen LogP contribution in [0.1, 0.15) is 5.56 Å². The maximum absolute atomic E-state index is 5.94. The summed E-state index contributed by atoms with van der Waals surface area (Å²) in [6.07, 6.45) is 0. The first-order valence-electron chi connectivity index (χ1n) is 3.64. The lowest BCUT2D eigenvalue weighted by atomic mass is 10.2. The molecule has 1 aromatic heterocycles. The van der Waals surface area contributed by atoms with Gasteiger partial charge in [-0.15, -0.1) is 22.9 Å². The zero-order valence-corrected chi connectivity index (χ0v) is 11.0. The summed E-state index contributed by atoms with van der Waals surface area (Å²) in [5, 5.41) is 1.19. The molecule has 68 valence electrons. The molecule has 0 aliphatic carbocycles. The van der Waals surface area contributed by atoms with E-state index in [9.17, 15) is 0 Å². The smallest absolute Gasteiger partial charge is 0.0940 e. The van der Waals surface area contributed by atoms with Crippen molar-refractivity contribution in [3.05, 3.63) is 31.7 Å². The van der Waals surface area contributed by atoms with Crippen LogP contribution in [0, 0.1) is 3.57 Å². The summed E-state index contributed by atoms with van der Waals surface area (Å²) in [7, 11) is 0. The fourth-order valence-corrected chi connectivity index (χ4v) is 3.48. The van der Waals surface area contributed by atoms with Crippen LogP contribution in [0.4, 0.5) is 0 Å². The normalized spacial score (nSPS) is 11.0. The predicted molar refractivity (Wildman–Crippen MR) is 69.1 cm³/mol. The van der Waals surface area contributed by atoms with Gasteiger partial charge in [-0.1, -0.05) is 11.6 Å². The molecule has 0 unspecified atom stereocenters. The molecule has 0 atom stereocenters. The maximum Gasteiger partial charge on any atom is 0.0940 e. The Morgan fingerprint density at radius 3 is 2.77 bits per heavy atom. The SMILES string of the molecule is ClCc1cc(I)cc2cc(Cl)sc12. The predicted octanol–water partition coefficient (Wildman–Crippen LogP) is 4.90. The molecule has 13 heavy (non-hydrogen) atoms. The van der Waals surface area contributed by atoms with E-state index in [0.717, 1.165) is 4.34 Å². The molecular formula is C9H5Cl2IS. The minimum atomic E-state index is 0.546. The van der Waals surface area contributed by atoms with E-state index in [1.165, 1.54) is 19.2 Å². The highest BCUT2D eigenvalue weighted by Crippen LogP contribution is 2.33. The van der Waals surface area contributed by atoms with E-state index < -0.39 is 0 Å². The van der Waals surface area contributed by atoms with Crippen molar-refractivity contribution >= 4 is 67.2 Å². The molecule has 1 heterocycles. The van der Waals surface area contributed by atoms with E-state index in [0.29, 0.717) is 5.88 Å². The summed E-state index contributed by atoms with van der Waals surface area (Å²) in [4.78, 5) is 0. The first-order chi connectivity index (χ1) is 6.20. The van der Waals surface area contributed by atoms with Crippen molar-refractivity contribution in [2.24, 2.45) is 0 Å². The summed E-state index contributed by atoms with van der Waals surface area (Å²) >= 11 is 15.7. The quantitative estimate of drug-likeness (QED) is 0.511. The van der Waals surface area contributed by atoms with Gasteiger partial charge >= 0.3 is 0 Å². The van der Waals surface area contributed by atoms with E-state index in [1.54, 1.807) is 11.3 Å². The van der Waals surface area contributed by atoms with Crippen LogP contribution >= 0.6 is 57.1 Å². The molecule has 0 radical (unpaired) electrons. The van der Waals surface area contributed by atoms with Gasteiger partial charge in [0.15, 0.2) is 0 Å². The van der Waals surface area contributed by atoms with Gasteiger partial charge in [0, 0.05) is 14.2 Å². The largest absolute Gasteiger partial charge is 0.123 e. The van der Waals surface area contributed by atoms with E-state index in [4.69, 9.17) is 23.2 Å². The molecule has 2 aromatic rings. The monoisotopic (exact) mass is 342 g/mol. The number of halogens is 3. The molecule has 0 amide bonds. The number of benzene rings is 1. The van der Waals surface area contributed by atoms with Gasteiger partial charge in [-0.2, -0.15) is 0 Å². The lowest BCUT2D eigenvalue weighted by molar-refractivity contribution is 1.45. The molecule has 4 heteroatoms. The summed E-state index contributed by atoms with van der Waals surface area (Å²) < 4.78 is 3.24. The molecule has 0 aliphatic heterocycles. The molecule has 0 fully saturated rings. The van der Waals surface area contributed by atoms with Crippen LogP contribution in [-0.2, 0) is 5.88 Å². The highest BCUT2D eigenvalue weighted by Gasteiger charge is 2.05. The van der Waals surface area contributed by atoms with Crippen LogP contribution in [0.2, 0.25) is 4.34 Å². The van der Waals surface area contributed by atoms with E-state index >= 15 is 0 Å². The van der Waals surface area contributed by atoms with Crippen molar-refractivity contribution in [2.75, 3.05) is 0 Å². The van der Waals surface area contributed by atoms with Crippen molar-refractivity contribution in [1.82, 2.24) is 0 Å². The molecule has 1 aromatic carbocycles. The minimum absolute atomic E-state index is 0.546. The molecule has 0 N–H and O–H groups in total. The minimum Gasteiger partial charge on any atom is -0.123 e. The molecule has 0 bridgehead atoms. The third-order valence-corrected chi connectivity index (χ3v) is 4.04. The molecule has 0 nitrogen and oxygen atoms in total. The molecule has 0 spiro atoms. The molecule has 0 saturated carbocycles. The van der Waals surface area contributed by atoms with Crippen molar-refractivity contribution < 1.29 is 0 Å². The van der Waals surface area contributed by atoms with Crippen LogP contribution in [0.3, 0.4) is 0 Å². The highest BCUT2D eigenvalue weighted by atomic mass is 127. The van der Waals surface area contributed by atoms with Gasteiger partial charge in [0.05, 0.1) is 4.34 Å². The third-order valence-electron chi connectivity index (χ3n) is 1.77. The van der Waals surface area contributed by atoms with Gasteiger partial charge in [0.1, 0.15) is 0 Å². The zero-order chi connectivity index (χ0) is 9.42. The Bertz CT molecular complexity index is 450.